The van der Waals surface area contributed by atoms with Crippen LogP contribution in [0.4, 0.5) is 4.79 Å². The number of thiazole rings is 1. The number of hydrogen-bond donors (Lipinski definition) is 2. The molecule has 2 heterocycles. The van der Waals surface area contributed by atoms with Gasteiger partial charge in [0.1, 0.15) is 5.76 Å². The second-order valence-corrected chi connectivity index (χ2v) is 5.58. The van der Waals surface area contributed by atoms with Crippen molar-refractivity contribution < 1.29 is 9.21 Å². The van der Waals surface area contributed by atoms with Gasteiger partial charge >= 0.3 is 6.03 Å². The van der Waals surface area contributed by atoms with Crippen LogP contribution < -0.4 is 10.6 Å². The van der Waals surface area contributed by atoms with Crippen molar-refractivity contribution in [3.8, 4) is 0 Å². The van der Waals surface area contributed by atoms with Crippen LogP contribution in [0.15, 0.2) is 28.2 Å². The number of nitrogens with zero attached hydrogens (tertiary/aromatic N) is 1. The molecule has 2 N–H and O–H groups in total. The highest BCUT2D eigenvalue weighted by Crippen LogP contribution is 2.18. The molecule has 0 saturated carbocycles. The highest BCUT2D eigenvalue weighted by Gasteiger charge is 2.10. The maximum absolute atomic E-state index is 11.6. The standard InChI is InChI=1S/C14H19N3O2S/c1-10(13-17-11(2)9-20-13)8-16-14(18)15-6-5-12-4-3-7-19-12/h3-4,7,9-10H,5-6,8H2,1-2H3,(H2,15,16,18)/t10-/m1/s1. The van der Waals surface area contributed by atoms with Crippen molar-refractivity contribution in [1.82, 2.24) is 15.6 Å². The van der Waals surface area contributed by atoms with Gasteiger partial charge in [0.25, 0.3) is 0 Å². The van der Waals surface area contributed by atoms with Crippen molar-refractivity contribution in [1.29, 1.82) is 0 Å². The number of hydrogen-bond acceptors (Lipinski definition) is 4. The Bertz CT molecular complexity index is 536. The van der Waals surface area contributed by atoms with E-state index in [0.717, 1.165) is 16.5 Å². The van der Waals surface area contributed by atoms with E-state index in [1.54, 1.807) is 17.6 Å². The number of urea groups is 1. The Labute approximate surface area is 122 Å². The van der Waals surface area contributed by atoms with E-state index in [2.05, 4.69) is 22.5 Å². The molecular weight excluding hydrogens is 274 g/mol. The molecule has 0 aliphatic carbocycles. The molecule has 0 aliphatic rings. The van der Waals surface area contributed by atoms with Gasteiger partial charge in [0.15, 0.2) is 0 Å². The van der Waals surface area contributed by atoms with Crippen molar-refractivity contribution in [2.75, 3.05) is 13.1 Å². The van der Waals surface area contributed by atoms with E-state index in [-0.39, 0.29) is 11.9 Å². The Hall–Kier alpha value is -1.82. The van der Waals surface area contributed by atoms with Crippen molar-refractivity contribution >= 4 is 17.4 Å². The number of aryl methyl sites for hydroxylation is 1. The molecule has 2 aromatic heterocycles. The molecule has 108 valence electrons. The lowest BCUT2D eigenvalue weighted by Gasteiger charge is -2.11. The van der Waals surface area contributed by atoms with Crippen LogP contribution in [0.3, 0.4) is 0 Å². The molecule has 5 nitrogen and oxygen atoms in total. The smallest absolute Gasteiger partial charge is 0.314 e. The largest absolute Gasteiger partial charge is 0.469 e. The highest BCUT2D eigenvalue weighted by molar-refractivity contribution is 7.09. The van der Waals surface area contributed by atoms with Gasteiger partial charge in [0.2, 0.25) is 0 Å². The quantitative estimate of drug-likeness (QED) is 0.860. The van der Waals surface area contributed by atoms with E-state index in [1.165, 1.54) is 0 Å². The predicted octanol–water partition coefficient (Wildman–Crippen LogP) is 2.69. The van der Waals surface area contributed by atoms with E-state index in [4.69, 9.17) is 4.42 Å². The summed E-state index contributed by atoms with van der Waals surface area (Å²) in [7, 11) is 0. The Morgan fingerprint density at radius 3 is 3.00 bits per heavy atom. The first-order valence-electron chi connectivity index (χ1n) is 6.61. The van der Waals surface area contributed by atoms with Crippen LogP contribution in [0, 0.1) is 6.92 Å². The van der Waals surface area contributed by atoms with Crippen LogP contribution in [0.2, 0.25) is 0 Å². The predicted molar refractivity (Wildman–Crippen MR) is 79.1 cm³/mol. The third kappa shape index (κ3) is 4.38. The zero-order valence-electron chi connectivity index (χ0n) is 11.7. The average molecular weight is 293 g/mol. The van der Waals surface area contributed by atoms with Crippen LogP contribution in [-0.4, -0.2) is 24.1 Å². The van der Waals surface area contributed by atoms with E-state index in [1.807, 2.05) is 24.4 Å². The summed E-state index contributed by atoms with van der Waals surface area (Å²) in [4.78, 5) is 16.1. The number of rotatable bonds is 6. The van der Waals surface area contributed by atoms with Crippen molar-refractivity contribution in [2.24, 2.45) is 0 Å². The fourth-order valence-electron chi connectivity index (χ4n) is 1.75. The molecule has 2 rings (SSSR count). The first-order chi connectivity index (χ1) is 9.65. The van der Waals surface area contributed by atoms with Crippen LogP contribution in [-0.2, 0) is 6.42 Å². The number of furan rings is 1. The second-order valence-electron chi connectivity index (χ2n) is 4.69. The summed E-state index contributed by atoms with van der Waals surface area (Å²) < 4.78 is 5.20. The van der Waals surface area contributed by atoms with Gasteiger partial charge in [0.05, 0.1) is 11.3 Å². The molecule has 20 heavy (non-hydrogen) atoms. The summed E-state index contributed by atoms with van der Waals surface area (Å²) in [6, 6.07) is 3.58. The second kappa shape index (κ2) is 7.09. The van der Waals surface area contributed by atoms with Crippen molar-refractivity contribution in [2.45, 2.75) is 26.2 Å². The third-order valence-electron chi connectivity index (χ3n) is 2.86. The van der Waals surface area contributed by atoms with Gasteiger partial charge in [-0.25, -0.2) is 9.78 Å². The van der Waals surface area contributed by atoms with E-state index >= 15 is 0 Å². The zero-order chi connectivity index (χ0) is 14.4. The van der Waals surface area contributed by atoms with Crippen LogP contribution in [0.1, 0.15) is 29.3 Å². The third-order valence-corrected chi connectivity index (χ3v) is 4.06. The lowest BCUT2D eigenvalue weighted by atomic mass is 10.2. The van der Waals surface area contributed by atoms with E-state index in [9.17, 15) is 4.79 Å². The van der Waals surface area contributed by atoms with Crippen molar-refractivity contribution in [3.05, 3.63) is 40.2 Å². The normalized spacial score (nSPS) is 12.1. The SMILES string of the molecule is Cc1csc([C@H](C)CNC(=O)NCCc2ccco2)n1. The Morgan fingerprint density at radius 1 is 1.50 bits per heavy atom. The maximum Gasteiger partial charge on any atom is 0.314 e. The molecule has 0 spiro atoms. The minimum absolute atomic E-state index is 0.156. The summed E-state index contributed by atoms with van der Waals surface area (Å²) in [5, 5.41) is 8.74. The number of carbonyl (C=O) groups excluding carboxylic acids is 1. The van der Waals surface area contributed by atoms with E-state index < -0.39 is 0 Å². The number of amides is 2. The molecule has 6 heteroatoms. The molecule has 1 atom stereocenters. The maximum atomic E-state index is 11.6. The Balaban J connectivity index is 1.64. The molecule has 0 saturated heterocycles. The van der Waals surface area contributed by atoms with Crippen LogP contribution in [0.5, 0.6) is 0 Å². The van der Waals surface area contributed by atoms with Crippen LogP contribution in [0.25, 0.3) is 0 Å². The minimum Gasteiger partial charge on any atom is -0.469 e. The molecule has 0 fully saturated rings. The monoisotopic (exact) mass is 293 g/mol. The summed E-state index contributed by atoms with van der Waals surface area (Å²) in [6.07, 6.45) is 2.33. The number of nitrogens with one attached hydrogen (secondary N) is 2. The highest BCUT2D eigenvalue weighted by atomic mass is 32.1. The Kier molecular flexibility index (Phi) is 5.17. The molecule has 0 aliphatic heterocycles. The molecule has 2 aromatic rings. The topological polar surface area (TPSA) is 67.2 Å². The minimum atomic E-state index is -0.156. The molecular formula is C14H19N3O2S. The molecule has 0 unspecified atom stereocenters. The average Bonchev–Trinajstić information content (AvgIpc) is 3.07. The summed E-state index contributed by atoms with van der Waals surface area (Å²) in [5.41, 5.74) is 1.03. The Morgan fingerprint density at radius 2 is 2.35 bits per heavy atom. The van der Waals surface area contributed by atoms with Gasteiger partial charge < -0.3 is 15.1 Å². The number of carbonyl (C=O) groups is 1. The van der Waals surface area contributed by atoms with E-state index in [0.29, 0.717) is 19.5 Å². The fraction of sp³-hybridized carbons (Fsp3) is 0.429. The lowest BCUT2D eigenvalue weighted by molar-refractivity contribution is 0.240. The van der Waals surface area contributed by atoms with Crippen LogP contribution >= 0.6 is 11.3 Å². The molecule has 0 aromatic carbocycles. The van der Waals surface area contributed by atoms with Gasteiger partial charge in [-0.05, 0) is 19.1 Å². The zero-order valence-corrected chi connectivity index (χ0v) is 12.5. The van der Waals surface area contributed by atoms with Gasteiger partial charge in [-0.3, -0.25) is 0 Å². The first kappa shape index (κ1) is 14.6. The first-order valence-corrected chi connectivity index (χ1v) is 7.49. The fourth-order valence-corrected chi connectivity index (χ4v) is 2.60. The van der Waals surface area contributed by atoms with Gasteiger partial charge in [0, 0.05) is 36.5 Å². The lowest BCUT2D eigenvalue weighted by Crippen LogP contribution is -2.38. The van der Waals surface area contributed by atoms with Gasteiger partial charge in [-0.2, -0.15) is 0 Å². The van der Waals surface area contributed by atoms with Crippen molar-refractivity contribution in [3.63, 3.8) is 0 Å². The number of aromatic nitrogens is 1. The summed E-state index contributed by atoms with van der Waals surface area (Å²) in [6.45, 7) is 5.17. The van der Waals surface area contributed by atoms with Gasteiger partial charge in [-0.15, -0.1) is 11.3 Å². The summed E-state index contributed by atoms with van der Waals surface area (Å²) >= 11 is 1.63. The molecule has 2 amide bonds. The molecule has 0 radical (unpaired) electrons. The molecule has 0 bridgehead atoms. The van der Waals surface area contributed by atoms with Gasteiger partial charge in [-0.1, -0.05) is 6.92 Å². The summed E-state index contributed by atoms with van der Waals surface area (Å²) in [5.74, 6) is 1.10.